The number of nitrogens with zero attached hydrogens (tertiary/aromatic N) is 2. The van der Waals surface area contributed by atoms with Crippen LogP contribution in [-0.4, -0.2) is 52.8 Å². The second-order valence-electron chi connectivity index (χ2n) is 6.46. The second kappa shape index (κ2) is 6.83. The molecule has 0 atom stereocenters. The average Bonchev–Trinajstić information content (AvgIpc) is 3.13. The lowest BCUT2D eigenvalue weighted by atomic mass is 10.1. The molecule has 138 valence electrons. The van der Waals surface area contributed by atoms with Gasteiger partial charge in [0.1, 0.15) is 0 Å². The van der Waals surface area contributed by atoms with Crippen LogP contribution in [0.3, 0.4) is 0 Å². The molecule has 1 N–H and O–H groups in total. The van der Waals surface area contributed by atoms with Crippen molar-refractivity contribution in [1.29, 1.82) is 0 Å². The highest BCUT2D eigenvalue weighted by molar-refractivity contribution is 6.06. The van der Waals surface area contributed by atoms with Crippen LogP contribution in [0.2, 0.25) is 0 Å². The number of piperazine rings is 1. The summed E-state index contributed by atoms with van der Waals surface area (Å²) < 4.78 is 26.4. The Morgan fingerprint density at radius 2 is 1.52 bits per heavy atom. The number of aromatic nitrogens is 1. The highest BCUT2D eigenvalue weighted by atomic mass is 19.2. The van der Waals surface area contributed by atoms with Gasteiger partial charge in [0.25, 0.3) is 11.8 Å². The van der Waals surface area contributed by atoms with E-state index in [0.29, 0.717) is 31.7 Å². The van der Waals surface area contributed by atoms with Gasteiger partial charge in [0, 0.05) is 48.8 Å². The van der Waals surface area contributed by atoms with Crippen molar-refractivity contribution in [3.05, 3.63) is 71.4 Å². The van der Waals surface area contributed by atoms with E-state index in [1.807, 2.05) is 24.3 Å². The van der Waals surface area contributed by atoms with Crippen molar-refractivity contribution >= 4 is 22.7 Å². The summed E-state index contributed by atoms with van der Waals surface area (Å²) in [7, 11) is 0. The third kappa shape index (κ3) is 3.16. The largest absolute Gasteiger partial charge is 0.360 e. The molecule has 2 heterocycles. The van der Waals surface area contributed by atoms with Crippen LogP contribution in [-0.2, 0) is 0 Å². The summed E-state index contributed by atoms with van der Waals surface area (Å²) in [6, 6.07) is 10.7. The number of H-pyrrole nitrogens is 1. The van der Waals surface area contributed by atoms with Crippen molar-refractivity contribution in [2.24, 2.45) is 0 Å². The van der Waals surface area contributed by atoms with E-state index in [4.69, 9.17) is 0 Å². The second-order valence-corrected chi connectivity index (χ2v) is 6.46. The number of nitrogens with one attached hydrogen (secondary N) is 1. The van der Waals surface area contributed by atoms with E-state index in [0.717, 1.165) is 23.0 Å². The first-order valence-corrected chi connectivity index (χ1v) is 8.64. The number of benzene rings is 2. The van der Waals surface area contributed by atoms with Gasteiger partial charge in [0.2, 0.25) is 0 Å². The number of rotatable bonds is 2. The number of amides is 2. The number of carbonyl (C=O) groups excluding carboxylic acids is 2. The van der Waals surface area contributed by atoms with Gasteiger partial charge in [-0.3, -0.25) is 9.59 Å². The van der Waals surface area contributed by atoms with Crippen LogP contribution in [0.5, 0.6) is 0 Å². The fraction of sp³-hybridized carbons (Fsp3) is 0.200. The Kier molecular flexibility index (Phi) is 4.35. The highest BCUT2D eigenvalue weighted by Crippen LogP contribution is 2.20. The van der Waals surface area contributed by atoms with E-state index in [2.05, 4.69) is 4.98 Å². The molecule has 2 aromatic carbocycles. The van der Waals surface area contributed by atoms with Crippen LogP contribution in [0.1, 0.15) is 20.7 Å². The van der Waals surface area contributed by atoms with Crippen LogP contribution in [0.15, 0.2) is 48.7 Å². The standard InChI is InChI=1S/C20H17F2N3O2/c21-16-6-5-13(11-17(16)22)19(26)24-7-9-25(10-8-24)20(27)15-12-23-18-4-2-1-3-14(15)18/h1-6,11-12,23H,7-10H2. The smallest absolute Gasteiger partial charge is 0.256 e. The maximum atomic E-state index is 13.4. The monoisotopic (exact) mass is 369 g/mol. The van der Waals surface area contributed by atoms with Crippen molar-refractivity contribution in [3.8, 4) is 0 Å². The number of aromatic amines is 1. The number of halogens is 2. The summed E-state index contributed by atoms with van der Waals surface area (Å²) in [6.07, 6.45) is 1.70. The molecule has 1 fully saturated rings. The quantitative estimate of drug-likeness (QED) is 0.755. The molecule has 0 radical (unpaired) electrons. The lowest BCUT2D eigenvalue weighted by Crippen LogP contribution is -2.50. The predicted octanol–water partition coefficient (Wildman–Crippen LogP) is 3.04. The van der Waals surface area contributed by atoms with Gasteiger partial charge in [0.15, 0.2) is 11.6 Å². The van der Waals surface area contributed by atoms with Gasteiger partial charge in [-0.2, -0.15) is 0 Å². The molecule has 5 nitrogen and oxygen atoms in total. The number of fused-ring (bicyclic) bond motifs is 1. The molecule has 1 aromatic heterocycles. The SMILES string of the molecule is O=C(c1ccc(F)c(F)c1)N1CCN(C(=O)c2c[nH]c3ccccc23)CC1. The highest BCUT2D eigenvalue weighted by Gasteiger charge is 2.27. The van der Waals surface area contributed by atoms with Crippen molar-refractivity contribution in [3.63, 3.8) is 0 Å². The Morgan fingerprint density at radius 3 is 2.22 bits per heavy atom. The van der Waals surface area contributed by atoms with Crippen LogP contribution in [0.25, 0.3) is 10.9 Å². The molecule has 0 aliphatic carbocycles. The minimum atomic E-state index is -1.05. The maximum Gasteiger partial charge on any atom is 0.256 e. The minimum Gasteiger partial charge on any atom is -0.360 e. The number of hydrogen-bond donors (Lipinski definition) is 1. The van der Waals surface area contributed by atoms with E-state index < -0.39 is 11.6 Å². The van der Waals surface area contributed by atoms with E-state index in [1.165, 1.54) is 6.07 Å². The van der Waals surface area contributed by atoms with E-state index in [1.54, 1.807) is 16.0 Å². The Labute approximate surface area is 154 Å². The maximum absolute atomic E-state index is 13.4. The lowest BCUT2D eigenvalue weighted by Gasteiger charge is -2.34. The van der Waals surface area contributed by atoms with E-state index in [9.17, 15) is 18.4 Å². The fourth-order valence-corrected chi connectivity index (χ4v) is 3.34. The molecule has 0 bridgehead atoms. The normalized spacial score (nSPS) is 14.6. The van der Waals surface area contributed by atoms with Crippen LogP contribution in [0.4, 0.5) is 8.78 Å². The van der Waals surface area contributed by atoms with Crippen molar-refractivity contribution in [2.45, 2.75) is 0 Å². The number of hydrogen-bond acceptors (Lipinski definition) is 2. The molecule has 1 saturated heterocycles. The van der Waals surface area contributed by atoms with Gasteiger partial charge in [0.05, 0.1) is 5.56 Å². The number of carbonyl (C=O) groups is 2. The third-order valence-corrected chi connectivity index (χ3v) is 4.84. The topological polar surface area (TPSA) is 56.4 Å². The van der Waals surface area contributed by atoms with Crippen molar-refractivity contribution in [2.75, 3.05) is 26.2 Å². The molecule has 0 saturated carbocycles. The predicted molar refractivity (Wildman–Crippen MR) is 96.5 cm³/mol. The van der Waals surface area contributed by atoms with Crippen molar-refractivity contribution in [1.82, 2.24) is 14.8 Å². The summed E-state index contributed by atoms with van der Waals surface area (Å²) in [4.78, 5) is 31.6. The molecule has 1 aliphatic rings. The fourth-order valence-electron chi connectivity index (χ4n) is 3.34. The number of para-hydroxylation sites is 1. The molecular formula is C20H17F2N3O2. The van der Waals surface area contributed by atoms with Gasteiger partial charge < -0.3 is 14.8 Å². The first kappa shape index (κ1) is 17.2. The summed E-state index contributed by atoms with van der Waals surface area (Å²) in [5, 5.41) is 0.864. The Bertz CT molecular complexity index is 1020. The summed E-state index contributed by atoms with van der Waals surface area (Å²) in [6.45, 7) is 1.44. The van der Waals surface area contributed by atoms with Crippen molar-refractivity contribution < 1.29 is 18.4 Å². The molecule has 2 amide bonds. The Hall–Kier alpha value is -3.22. The van der Waals surface area contributed by atoms with Gasteiger partial charge in [-0.1, -0.05) is 18.2 Å². The molecule has 0 spiro atoms. The van der Waals surface area contributed by atoms with E-state index in [-0.39, 0.29) is 17.4 Å². The first-order chi connectivity index (χ1) is 13.0. The van der Waals surface area contributed by atoms with Gasteiger partial charge >= 0.3 is 0 Å². The lowest BCUT2D eigenvalue weighted by molar-refractivity contribution is 0.0536. The molecular weight excluding hydrogens is 352 g/mol. The summed E-state index contributed by atoms with van der Waals surface area (Å²) in [5.74, 6) is -2.49. The zero-order valence-corrected chi connectivity index (χ0v) is 14.4. The molecule has 3 aromatic rings. The van der Waals surface area contributed by atoms with Gasteiger partial charge in [-0.05, 0) is 24.3 Å². The van der Waals surface area contributed by atoms with Crippen LogP contribution in [0, 0.1) is 11.6 Å². The summed E-state index contributed by atoms with van der Waals surface area (Å²) >= 11 is 0. The molecule has 1 aliphatic heterocycles. The molecule has 4 rings (SSSR count). The van der Waals surface area contributed by atoms with E-state index >= 15 is 0 Å². The Balaban J connectivity index is 1.44. The molecule has 27 heavy (non-hydrogen) atoms. The zero-order chi connectivity index (χ0) is 19.0. The Morgan fingerprint density at radius 1 is 0.852 bits per heavy atom. The molecule has 7 heteroatoms. The molecule has 0 unspecified atom stereocenters. The zero-order valence-electron chi connectivity index (χ0n) is 14.4. The first-order valence-electron chi connectivity index (χ1n) is 8.64. The van der Waals surface area contributed by atoms with Gasteiger partial charge in [-0.15, -0.1) is 0 Å². The van der Waals surface area contributed by atoms with Gasteiger partial charge in [-0.25, -0.2) is 8.78 Å². The summed E-state index contributed by atoms with van der Waals surface area (Å²) in [5.41, 5.74) is 1.60. The third-order valence-electron chi connectivity index (χ3n) is 4.84. The average molecular weight is 369 g/mol. The van der Waals surface area contributed by atoms with Crippen LogP contribution < -0.4 is 0 Å². The minimum absolute atomic E-state index is 0.0904. The van der Waals surface area contributed by atoms with Crippen LogP contribution >= 0.6 is 0 Å².